The molecule has 136 valence electrons. The highest BCUT2D eigenvalue weighted by Crippen LogP contribution is 2.32. The minimum Gasteiger partial charge on any atom is -0.394 e. The van der Waals surface area contributed by atoms with E-state index in [9.17, 15) is 13.6 Å². The van der Waals surface area contributed by atoms with Crippen molar-refractivity contribution in [3.8, 4) is 0 Å². The van der Waals surface area contributed by atoms with Gasteiger partial charge in [-0.15, -0.1) is 0 Å². The molecular formula is C16H13BrF2N4O3. The number of aliphatic hydroxyl groups excluding tert-OH is 1. The summed E-state index contributed by atoms with van der Waals surface area (Å²) in [5, 5.41) is 18.0. The summed E-state index contributed by atoms with van der Waals surface area (Å²) >= 11 is 3.16. The molecule has 0 unspecified atom stereocenters. The number of rotatable bonds is 6. The molecule has 7 nitrogen and oxygen atoms in total. The van der Waals surface area contributed by atoms with Crippen LogP contribution >= 0.6 is 15.9 Å². The number of hydrogen-bond acceptors (Lipinski definition) is 5. The summed E-state index contributed by atoms with van der Waals surface area (Å²) in [5.74, 6) is -2.03. The van der Waals surface area contributed by atoms with Gasteiger partial charge in [0, 0.05) is 9.86 Å². The number of benzene rings is 2. The molecule has 3 aromatic rings. The number of H-pyrrole nitrogens is 1. The van der Waals surface area contributed by atoms with Crippen LogP contribution in [0.3, 0.4) is 0 Å². The van der Waals surface area contributed by atoms with Gasteiger partial charge in [0.1, 0.15) is 17.2 Å². The van der Waals surface area contributed by atoms with Gasteiger partial charge in [-0.25, -0.2) is 14.3 Å². The highest BCUT2D eigenvalue weighted by Gasteiger charge is 2.20. The average Bonchev–Trinajstić information content (AvgIpc) is 3.09. The number of aliphatic hydroxyl groups is 1. The van der Waals surface area contributed by atoms with Crippen molar-refractivity contribution in [2.75, 3.05) is 18.5 Å². The molecular weight excluding hydrogens is 414 g/mol. The number of aromatic amines is 1. The van der Waals surface area contributed by atoms with Crippen LogP contribution in [0, 0.1) is 11.6 Å². The Kier molecular flexibility index (Phi) is 5.45. The molecule has 0 atom stereocenters. The van der Waals surface area contributed by atoms with Crippen LogP contribution in [0.2, 0.25) is 0 Å². The highest BCUT2D eigenvalue weighted by atomic mass is 79.9. The summed E-state index contributed by atoms with van der Waals surface area (Å²) in [7, 11) is 0. The molecule has 0 bridgehead atoms. The Morgan fingerprint density at radius 1 is 1.31 bits per heavy atom. The molecule has 1 heterocycles. The van der Waals surface area contributed by atoms with E-state index in [1.807, 2.05) is 0 Å². The van der Waals surface area contributed by atoms with Crippen LogP contribution in [0.1, 0.15) is 10.4 Å². The first-order valence-electron chi connectivity index (χ1n) is 7.42. The quantitative estimate of drug-likeness (QED) is 0.358. The highest BCUT2D eigenvalue weighted by molar-refractivity contribution is 9.10. The van der Waals surface area contributed by atoms with Gasteiger partial charge in [0.05, 0.1) is 36.3 Å². The van der Waals surface area contributed by atoms with Crippen LogP contribution in [-0.4, -0.2) is 34.4 Å². The zero-order valence-electron chi connectivity index (χ0n) is 13.1. The molecule has 26 heavy (non-hydrogen) atoms. The van der Waals surface area contributed by atoms with E-state index in [1.165, 1.54) is 18.3 Å². The fourth-order valence-electron chi connectivity index (χ4n) is 2.33. The van der Waals surface area contributed by atoms with Gasteiger partial charge in [-0.1, -0.05) is 15.9 Å². The standard InChI is InChI=1S/C16H13BrF2N4O3/c17-8-1-2-13(11(18)5-8)21-14-9(16(25)23-26-4-3-24)6-12(19)15-10(14)7-20-22-15/h1-2,5-7,21,24H,3-4H2,(H,20,22)(H,23,25). The van der Waals surface area contributed by atoms with Crippen LogP contribution < -0.4 is 10.8 Å². The lowest BCUT2D eigenvalue weighted by atomic mass is 10.1. The van der Waals surface area contributed by atoms with Gasteiger partial charge in [-0.2, -0.15) is 5.10 Å². The molecule has 0 saturated heterocycles. The van der Waals surface area contributed by atoms with Crippen molar-refractivity contribution in [3.63, 3.8) is 0 Å². The van der Waals surface area contributed by atoms with Crippen molar-refractivity contribution < 1.29 is 23.5 Å². The SMILES string of the molecule is O=C(NOCCO)c1cc(F)c2[nH]ncc2c1Nc1ccc(Br)cc1F. The Bertz CT molecular complexity index is 964. The third-order valence-corrected chi connectivity index (χ3v) is 3.97. The van der Waals surface area contributed by atoms with E-state index < -0.39 is 17.5 Å². The Hall–Kier alpha value is -2.56. The topological polar surface area (TPSA) is 99.3 Å². The number of aromatic nitrogens is 2. The maximum Gasteiger partial charge on any atom is 0.277 e. The van der Waals surface area contributed by atoms with Crippen molar-refractivity contribution in [1.29, 1.82) is 0 Å². The fraction of sp³-hybridized carbons (Fsp3) is 0.125. The van der Waals surface area contributed by atoms with E-state index in [2.05, 4.69) is 36.9 Å². The number of anilines is 2. The summed E-state index contributed by atoms with van der Waals surface area (Å²) in [6.45, 7) is -0.434. The molecule has 0 aliphatic rings. The number of halogens is 3. The number of fused-ring (bicyclic) bond motifs is 1. The molecule has 0 saturated carbocycles. The number of carbonyl (C=O) groups excluding carboxylic acids is 1. The fourth-order valence-corrected chi connectivity index (χ4v) is 2.66. The molecule has 10 heteroatoms. The molecule has 3 rings (SSSR count). The average molecular weight is 427 g/mol. The zero-order chi connectivity index (χ0) is 18.7. The molecule has 0 fully saturated rings. The van der Waals surface area contributed by atoms with Crippen LogP contribution in [-0.2, 0) is 4.84 Å². The number of amides is 1. The molecule has 0 aliphatic carbocycles. The zero-order valence-corrected chi connectivity index (χ0v) is 14.7. The van der Waals surface area contributed by atoms with E-state index in [-0.39, 0.29) is 41.1 Å². The normalized spacial score (nSPS) is 10.9. The van der Waals surface area contributed by atoms with Crippen molar-refractivity contribution in [1.82, 2.24) is 15.7 Å². The summed E-state index contributed by atoms with van der Waals surface area (Å²) in [6.07, 6.45) is 1.32. The van der Waals surface area contributed by atoms with Crippen LogP contribution in [0.5, 0.6) is 0 Å². The van der Waals surface area contributed by atoms with E-state index in [4.69, 9.17) is 9.94 Å². The van der Waals surface area contributed by atoms with Crippen molar-refractivity contribution in [3.05, 3.63) is 52.1 Å². The maximum atomic E-state index is 14.2. The van der Waals surface area contributed by atoms with Gasteiger partial charge < -0.3 is 10.4 Å². The third-order valence-electron chi connectivity index (χ3n) is 3.48. The van der Waals surface area contributed by atoms with Gasteiger partial charge in [-0.3, -0.25) is 14.7 Å². The number of nitrogens with one attached hydrogen (secondary N) is 3. The third kappa shape index (κ3) is 3.66. The number of nitrogens with zero attached hydrogens (tertiary/aromatic N) is 1. The summed E-state index contributed by atoms with van der Waals surface area (Å²) < 4.78 is 29.0. The van der Waals surface area contributed by atoms with Crippen molar-refractivity contribution in [2.45, 2.75) is 0 Å². The van der Waals surface area contributed by atoms with Crippen LogP contribution in [0.25, 0.3) is 10.9 Å². The second-order valence-electron chi connectivity index (χ2n) is 5.19. The Morgan fingerprint density at radius 3 is 2.85 bits per heavy atom. The molecule has 1 amide bonds. The summed E-state index contributed by atoms with van der Waals surface area (Å²) in [5.41, 5.74) is 2.29. The largest absolute Gasteiger partial charge is 0.394 e. The van der Waals surface area contributed by atoms with E-state index in [0.29, 0.717) is 4.47 Å². The van der Waals surface area contributed by atoms with Crippen molar-refractivity contribution in [2.24, 2.45) is 0 Å². The maximum absolute atomic E-state index is 14.2. The lowest BCUT2D eigenvalue weighted by Crippen LogP contribution is -2.26. The first-order valence-corrected chi connectivity index (χ1v) is 8.21. The van der Waals surface area contributed by atoms with Crippen LogP contribution in [0.15, 0.2) is 34.9 Å². The van der Waals surface area contributed by atoms with Crippen LogP contribution in [0.4, 0.5) is 20.2 Å². The Balaban J connectivity index is 2.06. The summed E-state index contributed by atoms with van der Waals surface area (Å²) in [4.78, 5) is 17.1. The van der Waals surface area contributed by atoms with Gasteiger partial charge in [0.25, 0.3) is 5.91 Å². The first kappa shape index (κ1) is 18.2. The lowest BCUT2D eigenvalue weighted by Gasteiger charge is -2.14. The first-order chi connectivity index (χ1) is 12.5. The second kappa shape index (κ2) is 7.77. The molecule has 0 aliphatic heterocycles. The second-order valence-corrected chi connectivity index (χ2v) is 6.11. The molecule has 4 N–H and O–H groups in total. The number of hydroxylamine groups is 1. The van der Waals surface area contributed by atoms with E-state index >= 15 is 0 Å². The van der Waals surface area contributed by atoms with Gasteiger partial charge in [-0.05, 0) is 24.3 Å². The predicted molar refractivity (Wildman–Crippen MR) is 93.9 cm³/mol. The minimum absolute atomic E-state index is 0.0675. The molecule has 0 spiro atoms. The lowest BCUT2D eigenvalue weighted by molar-refractivity contribution is 0.0169. The molecule has 2 aromatic carbocycles. The van der Waals surface area contributed by atoms with E-state index in [1.54, 1.807) is 6.07 Å². The van der Waals surface area contributed by atoms with Gasteiger partial charge in [0.2, 0.25) is 0 Å². The predicted octanol–water partition coefficient (Wildman–Crippen LogP) is 3.00. The van der Waals surface area contributed by atoms with Gasteiger partial charge in [0.15, 0.2) is 0 Å². The minimum atomic E-state index is -0.763. The molecule has 1 aromatic heterocycles. The van der Waals surface area contributed by atoms with Crippen molar-refractivity contribution >= 4 is 44.1 Å². The monoisotopic (exact) mass is 426 g/mol. The smallest absolute Gasteiger partial charge is 0.277 e. The number of carbonyl (C=O) groups is 1. The Morgan fingerprint density at radius 2 is 2.12 bits per heavy atom. The van der Waals surface area contributed by atoms with E-state index in [0.717, 1.165) is 6.07 Å². The number of hydrogen-bond donors (Lipinski definition) is 4. The molecule has 0 radical (unpaired) electrons. The van der Waals surface area contributed by atoms with Gasteiger partial charge >= 0.3 is 0 Å². The Labute approximate surface area is 154 Å². The summed E-state index contributed by atoms with van der Waals surface area (Å²) in [6, 6.07) is 5.32.